The summed E-state index contributed by atoms with van der Waals surface area (Å²) in [6, 6.07) is 8.24. The highest BCUT2D eigenvalue weighted by Crippen LogP contribution is 2.48. The number of fused-ring (bicyclic) bond motifs is 5. The summed E-state index contributed by atoms with van der Waals surface area (Å²) in [5.41, 5.74) is 5.37. The molecule has 0 unspecified atom stereocenters. The highest BCUT2D eigenvalue weighted by molar-refractivity contribution is 5.92. The minimum atomic E-state index is -0.0749. The predicted octanol–water partition coefficient (Wildman–Crippen LogP) is 3.33. The van der Waals surface area contributed by atoms with Crippen LogP contribution in [0.25, 0.3) is 22.3 Å². The van der Waals surface area contributed by atoms with Gasteiger partial charge in [-0.25, -0.2) is 0 Å². The van der Waals surface area contributed by atoms with E-state index in [1.807, 2.05) is 30.7 Å². The van der Waals surface area contributed by atoms with Gasteiger partial charge in [0.05, 0.1) is 23.1 Å². The Hall–Kier alpha value is -2.29. The molecule has 0 spiro atoms. The molecule has 0 radical (unpaired) electrons. The summed E-state index contributed by atoms with van der Waals surface area (Å²) in [4.78, 5) is 13.5. The lowest BCUT2D eigenvalue weighted by molar-refractivity contribution is 0.663. The molecule has 3 heteroatoms. The number of nitrogens with zero attached hydrogens (tertiary/aromatic N) is 3. The smallest absolute Gasteiger partial charge is 0.0937 e. The van der Waals surface area contributed by atoms with Crippen LogP contribution in [0.2, 0.25) is 0 Å². The van der Waals surface area contributed by atoms with Gasteiger partial charge in [0.25, 0.3) is 0 Å². The minimum absolute atomic E-state index is 0.0749. The first-order chi connectivity index (χ1) is 9.19. The van der Waals surface area contributed by atoms with Crippen LogP contribution in [0.3, 0.4) is 0 Å². The number of hydrogen-bond acceptors (Lipinski definition) is 3. The monoisotopic (exact) mass is 247 g/mol. The third-order valence-electron chi connectivity index (χ3n) is 3.99. The van der Waals surface area contributed by atoms with Crippen LogP contribution in [0.5, 0.6) is 0 Å². The average Bonchev–Trinajstić information content (AvgIpc) is 2.68. The van der Waals surface area contributed by atoms with Crippen LogP contribution < -0.4 is 0 Å². The van der Waals surface area contributed by atoms with E-state index < -0.39 is 0 Å². The molecule has 0 atom stereocenters. The summed E-state index contributed by atoms with van der Waals surface area (Å²) < 4.78 is 0. The Morgan fingerprint density at radius 1 is 0.895 bits per heavy atom. The summed E-state index contributed by atoms with van der Waals surface area (Å²) in [6.07, 6.45) is 5.48. The molecular weight excluding hydrogens is 234 g/mol. The van der Waals surface area contributed by atoms with Crippen molar-refractivity contribution >= 4 is 10.9 Å². The second-order valence-electron chi connectivity index (χ2n) is 5.44. The molecule has 0 saturated heterocycles. The van der Waals surface area contributed by atoms with E-state index in [0.717, 1.165) is 16.9 Å². The third kappa shape index (κ3) is 1.24. The molecule has 19 heavy (non-hydrogen) atoms. The summed E-state index contributed by atoms with van der Waals surface area (Å²) >= 11 is 0. The molecule has 0 saturated carbocycles. The second-order valence-corrected chi connectivity index (χ2v) is 5.44. The first-order valence-electron chi connectivity index (χ1n) is 6.39. The molecule has 0 aromatic carbocycles. The Kier molecular flexibility index (Phi) is 1.89. The van der Waals surface area contributed by atoms with Crippen LogP contribution in [0.4, 0.5) is 0 Å². The van der Waals surface area contributed by atoms with Crippen molar-refractivity contribution in [1.29, 1.82) is 0 Å². The molecule has 0 amide bonds. The van der Waals surface area contributed by atoms with E-state index in [-0.39, 0.29) is 5.41 Å². The first-order valence-corrected chi connectivity index (χ1v) is 6.39. The molecular formula is C16H13N3. The maximum atomic E-state index is 4.60. The van der Waals surface area contributed by atoms with E-state index in [4.69, 9.17) is 0 Å². The van der Waals surface area contributed by atoms with E-state index in [9.17, 15) is 0 Å². The van der Waals surface area contributed by atoms with Gasteiger partial charge in [-0.3, -0.25) is 15.0 Å². The number of pyridine rings is 3. The molecule has 0 N–H and O–H groups in total. The van der Waals surface area contributed by atoms with Gasteiger partial charge < -0.3 is 0 Å². The molecule has 0 fully saturated rings. The van der Waals surface area contributed by atoms with Crippen molar-refractivity contribution in [3.8, 4) is 11.4 Å². The van der Waals surface area contributed by atoms with Crippen LogP contribution in [0.15, 0.2) is 42.9 Å². The topological polar surface area (TPSA) is 38.7 Å². The van der Waals surface area contributed by atoms with E-state index in [0.29, 0.717) is 0 Å². The predicted molar refractivity (Wildman–Crippen MR) is 74.9 cm³/mol. The van der Waals surface area contributed by atoms with Crippen molar-refractivity contribution in [2.45, 2.75) is 19.3 Å². The zero-order chi connectivity index (χ0) is 13.0. The lowest BCUT2D eigenvalue weighted by Gasteiger charge is -2.21. The van der Waals surface area contributed by atoms with Crippen molar-refractivity contribution in [3.63, 3.8) is 0 Å². The van der Waals surface area contributed by atoms with Crippen LogP contribution in [0.1, 0.15) is 25.0 Å². The molecule has 1 aliphatic carbocycles. The fourth-order valence-electron chi connectivity index (χ4n) is 3.09. The van der Waals surface area contributed by atoms with Crippen molar-refractivity contribution in [1.82, 2.24) is 15.0 Å². The Balaban J connectivity index is 2.20. The van der Waals surface area contributed by atoms with Gasteiger partial charge in [-0.15, -0.1) is 0 Å². The molecule has 4 rings (SSSR count). The lowest BCUT2D eigenvalue weighted by Crippen LogP contribution is -2.15. The molecule has 3 aromatic heterocycles. The summed E-state index contributed by atoms with van der Waals surface area (Å²) in [6.45, 7) is 4.46. The highest BCUT2D eigenvalue weighted by Gasteiger charge is 2.38. The Morgan fingerprint density at radius 2 is 1.68 bits per heavy atom. The van der Waals surface area contributed by atoms with Crippen LogP contribution in [0, 0.1) is 0 Å². The maximum Gasteiger partial charge on any atom is 0.0937 e. The van der Waals surface area contributed by atoms with Crippen molar-refractivity contribution in [3.05, 3.63) is 54.0 Å². The molecule has 0 bridgehead atoms. The summed E-state index contributed by atoms with van der Waals surface area (Å²) in [5, 5.41) is 1.18. The van der Waals surface area contributed by atoms with Crippen LogP contribution in [-0.4, -0.2) is 15.0 Å². The quantitative estimate of drug-likeness (QED) is 0.611. The van der Waals surface area contributed by atoms with Gasteiger partial charge in [-0.2, -0.15) is 0 Å². The van der Waals surface area contributed by atoms with Gasteiger partial charge >= 0.3 is 0 Å². The van der Waals surface area contributed by atoms with Gasteiger partial charge in [0, 0.05) is 23.2 Å². The maximum absolute atomic E-state index is 4.60. The number of aromatic nitrogens is 3. The van der Waals surface area contributed by atoms with Crippen molar-refractivity contribution in [2.24, 2.45) is 0 Å². The van der Waals surface area contributed by atoms with E-state index in [1.54, 1.807) is 0 Å². The second kappa shape index (κ2) is 3.38. The Labute approximate surface area is 111 Å². The summed E-state index contributed by atoms with van der Waals surface area (Å²) in [7, 11) is 0. The normalized spacial score (nSPS) is 15.3. The van der Waals surface area contributed by atoms with Gasteiger partial charge in [0.15, 0.2) is 0 Å². The van der Waals surface area contributed by atoms with Gasteiger partial charge in [0.2, 0.25) is 0 Å². The van der Waals surface area contributed by atoms with E-state index in [2.05, 4.69) is 40.9 Å². The number of rotatable bonds is 0. The van der Waals surface area contributed by atoms with E-state index in [1.165, 1.54) is 16.5 Å². The zero-order valence-electron chi connectivity index (χ0n) is 10.9. The Morgan fingerprint density at radius 3 is 2.58 bits per heavy atom. The van der Waals surface area contributed by atoms with Crippen molar-refractivity contribution in [2.75, 3.05) is 0 Å². The first kappa shape index (κ1) is 10.6. The zero-order valence-corrected chi connectivity index (χ0v) is 10.9. The van der Waals surface area contributed by atoms with Gasteiger partial charge in [-0.05, 0) is 23.3 Å². The van der Waals surface area contributed by atoms with Crippen molar-refractivity contribution < 1.29 is 0 Å². The minimum Gasteiger partial charge on any atom is -0.255 e. The highest BCUT2D eigenvalue weighted by atomic mass is 14.8. The molecule has 3 aromatic rings. The van der Waals surface area contributed by atoms with Gasteiger partial charge in [-0.1, -0.05) is 26.0 Å². The Bertz CT molecular complexity index is 806. The standard InChI is InChI=1S/C16H13N3/c1-16(2)11-6-4-8-18-14(11)15-13(16)10-5-3-7-17-12(10)9-19-15/h3-9H,1-2H3. The average molecular weight is 247 g/mol. The van der Waals surface area contributed by atoms with Crippen LogP contribution in [-0.2, 0) is 5.41 Å². The molecule has 1 aliphatic rings. The fraction of sp³-hybridized carbons (Fsp3) is 0.188. The SMILES string of the molecule is CC1(C)c2cccnc2-c2ncc3ncccc3c21. The number of hydrogen-bond donors (Lipinski definition) is 0. The molecule has 0 aliphatic heterocycles. The lowest BCUT2D eigenvalue weighted by atomic mass is 9.81. The van der Waals surface area contributed by atoms with E-state index >= 15 is 0 Å². The third-order valence-corrected chi connectivity index (χ3v) is 3.99. The van der Waals surface area contributed by atoms with Crippen LogP contribution >= 0.6 is 0 Å². The molecule has 3 heterocycles. The molecule has 3 nitrogen and oxygen atoms in total. The van der Waals surface area contributed by atoms with Gasteiger partial charge in [0.1, 0.15) is 0 Å². The summed E-state index contributed by atoms with van der Waals surface area (Å²) in [5.74, 6) is 0. The molecule has 92 valence electrons. The largest absolute Gasteiger partial charge is 0.255 e. The fourth-order valence-corrected chi connectivity index (χ4v) is 3.09.